The summed E-state index contributed by atoms with van der Waals surface area (Å²) in [6, 6.07) is 0. The predicted molar refractivity (Wildman–Crippen MR) is 22.6 cm³/mol. The number of hydrogen-bond donors (Lipinski definition) is 2. The van der Waals surface area contributed by atoms with E-state index in [-0.39, 0.29) is 6.61 Å². The van der Waals surface area contributed by atoms with Crippen molar-refractivity contribution in [2.45, 2.75) is 6.92 Å². The summed E-state index contributed by atoms with van der Waals surface area (Å²) in [7, 11) is -0.833. The summed E-state index contributed by atoms with van der Waals surface area (Å²) >= 11 is 0. The van der Waals surface area contributed by atoms with Crippen LogP contribution < -0.4 is 0 Å². The molecule has 0 aliphatic heterocycles. The molecule has 0 radical (unpaired) electrons. The maximum Gasteiger partial charge on any atom is 0.324 e. The van der Waals surface area contributed by atoms with E-state index in [1.807, 2.05) is 0 Å². The van der Waals surface area contributed by atoms with Gasteiger partial charge in [0.05, 0.1) is 0 Å². The van der Waals surface area contributed by atoms with Crippen LogP contribution in [0.4, 0.5) is 0 Å². The van der Waals surface area contributed by atoms with Crippen molar-refractivity contribution < 1.29 is 14.6 Å². The van der Waals surface area contributed by atoms with Crippen LogP contribution in [0.1, 0.15) is 6.92 Å². The Morgan fingerprint density at radius 1 is 1.83 bits per heavy atom. The zero-order valence-corrected chi connectivity index (χ0v) is 4.35. The van der Waals surface area contributed by atoms with Gasteiger partial charge in [0.1, 0.15) is 0 Å². The van der Waals surface area contributed by atoms with Crippen LogP contribution in [0.2, 0.25) is 0 Å². The highest BCUT2D eigenvalue weighted by Gasteiger charge is 1.34. The Balaban J connectivity index is 0. The van der Waals surface area contributed by atoms with Crippen LogP contribution in [0.25, 0.3) is 0 Å². The maximum atomic E-state index is 8.46. The summed E-state index contributed by atoms with van der Waals surface area (Å²) in [5.74, 6) is 0. The lowest BCUT2D eigenvalue weighted by molar-refractivity contribution is 0.318. The van der Waals surface area contributed by atoms with Gasteiger partial charge < -0.3 is 10.00 Å². The summed E-state index contributed by atoms with van der Waals surface area (Å²) in [6.07, 6.45) is 0. The molecule has 38 valence electrons. The smallest absolute Gasteiger partial charge is 0.324 e. The zero-order valence-electron chi connectivity index (χ0n) is 3.46. The highest BCUT2D eigenvalue weighted by atomic mass is 31.1. The molecule has 0 saturated heterocycles. The second-order valence-corrected chi connectivity index (χ2v) is 0.561. The van der Waals surface area contributed by atoms with Crippen LogP contribution in [0.15, 0.2) is 0 Å². The minimum atomic E-state index is -0.833. The lowest BCUT2D eigenvalue weighted by Crippen LogP contribution is -1.57. The van der Waals surface area contributed by atoms with E-state index in [1.165, 1.54) is 0 Å². The van der Waals surface area contributed by atoms with Crippen LogP contribution in [-0.4, -0.2) is 16.6 Å². The van der Waals surface area contributed by atoms with Crippen molar-refractivity contribution >= 4 is 8.69 Å². The van der Waals surface area contributed by atoms with Gasteiger partial charge in [0, 0.05) is 6.61 Å². The molecule has 0 aromatic rings. The highest BCUT2D eigenvalue weighted by molar-refractivity contribution is 7.16. The van der Waals surface area contributed by atoms with Gasteiger partial charge in [0.15, 0.2) is 0 Å². The van der Waals surface area contributed by atoms with Gasteiger partial charge in [-0.25, -0.2) is 4.57 Å². The largest absolute Gasteiger partial charge is 0.397 e. The van der Waals surface area contributed by atoms with Crippen molar-refractivity contribution in [2.24, 2.45) is 0 Å². The summed E-state index contributed by atoms with van der Waals surface area (Å²) in [5.41, 5.74) is 0. The first kappa shape index (κ1) is 9.39. The van der Waals surface area contributed by atoms with Gasteiger partial charge in [-0.1, -0.05) is 0 Å². The zero-order chi connectivity index (χ0) is 5.41. The molecule has 0 fully saturated rings. The van der Waals surface area contributed by atoms with E-state index in [1.54, 1.807) is 6.92 Å². The van der Waals surface area contributed by atoms with E-state index >= 15 is 0 Å². The average molecular weight is 110 g/mol. The second kappa shape index (κ2) is 19.9. The van der Waals surface area contributed by atoms with Gasteiger partial charge in [0.25, 0.3) is 0 Å². The quantitative estimate of drug-likeness (QED) is 0.437. The van der Waals surface area contributed by atoms with Gasteiger partial charge in [-0.3, -0.25) is 0 Å². The lowest BCUT2D eigenvalue weighted by atomic mass is 10.9. The Hall–Kier alpha value is 0.0200. The molecule has 0 amide bonds. The molecule has 0 unspecified atom stereocenters. The second-order valence-electron chi connectivity index (χ2n) is 0.398. The monoisotopic (exact) mass is 110 g/mol. The summed E-state index contributed by atoms with van der Waals surface area (Å²) in [4.78, 5) is 6.99. The first-order chi connectivity index (χ1) is 2.83. The highest BCUT2D eigenvalue weighted by Crippen LogP contribution is 1.66. The minimum Gasteiger partial charge on any atom is -0.397 e. The van der Waals surface area contributed by atoms with Crippen molar-refractivity contribution in [3.05, 3.63) is 0 Å². The molecule has 0 aromatic heterocycles. The van der Waals surface area contributed by atoms with Crippen LogP contribution in [0.3, 0.4) is 0 Å². The molecule has 0 aliphatic rings. The average Bonchev–Trinajstić information content (AvgIpc) is 1.39. The standard InChI is InChI=1S/C2H6O.HO2P/c1-2-3;1-3-2/h3H,2H2,1H3;(H,1,2). The van der Waals surface area contributed by atoms with E-state index in [4.69, 9.17) is 14.6 Å². The molecule has 3 nitrogen and oxygen atoms in total. The van der Waals surface area contributed by atoms with E-state index in [0.29, 0.717) is 0 Å². The topological polar surface area (TPSA) is 57.5 Å². The molecule has 0 aromatic carbocycles. The van der Waals surface area contributed by atoms with Crippen LogP contribution >= 0.6 is 8.69 Å². The summed E-state index contributed by atoms with van der Waals surface area (Å²) < 4.78 is 8.46. The lowest BCUT2D eigenvalue weighted by Gasteiger charge is -1.52. The Kier molecular flexibility index (Phi) is 31.1. The number of rotatable bonds is 0. The minimum absolute atomic E-state index is 0.250. The molecule has 0 aliphatic carbocycles. The molecule has 4 heteroatoms. The summed E-state index contributed by atoms with van der Waals surface area (Å²) in [6.45, 7) is 1.93. The first-order valence-corrected chi connectivity index (χ1v) is 2.17. The van der Waals surface area contributed by atoms with E-state index in [2.05, 4.69) is 0 Å². The fraction of sp³-hybridized carbons (Fsp3) is 1.00. The Bertz CT molecular complexity index is 22.8. The molecule has 6 heavy (non-hydrogen) atoms. The Morgan fingerprint density at radius 2 is 1.83 bits per heavy atom. The predicted octanol–water partition coefficient (Wildman–Crippen LogP) is 0.184. The SMILES string of the molecule is CCO.O=PO. The molecule has 0 spiro atoms. The molecule has 0 heterocycles. The molecule has 0 rings (SSSR count). The third-order valence-corrected chi connectivity index (χ3v) is 0. The van der Waals surface area contributed by atoms with Crippen molar-refractivity contribution in [1.82, 2.24) is 0 Å². The number of aliphatic hydroxyl groups is 1. The van der Waals surface area contributed by atoms with Crippen LogP contribution in [0.5, 0.6) is 0 Å². The van der Waals surface area contributed by atoms with Crippen molar-refractivity contribution in [3.63, 3.8) is 0 Å². The number of hydrogen-bond acceptors (Lipinski definition) is 2. The van der Waals surface area contributed by atoms with E-state index in [0.717, 1.165) is 0 Å². The van der Waals surface area contributed by atoms with Gasteiger partial charge in [-0.05, 0) is 6.92 Å². The van der Waals surface area contributed by atoms with E-state index in [9.17, 15) is 0 Å². The Morgan fingerprint density at radius 3 is 1.83 bits per heavy atom. The fourth-order valence-electron chi connectivity index (χ4n) is 0. The third kappa shape index (κ3) is 91700. The maximum absolute atomic E-state index is 8.46. The first-order valence-electron chi connectivity index (χ1n) is 1.41. The van der Waals surface area contributed by atoms with Gasteiger partial charge in [0.2, 0.25) is 0 Å². The molecule has 0 atom stereocenters. The normalized spacial score (nSPS) is 6.50. The third-order valence-electron chi connectivity index (χ3n) is 0. The molecule has 0 bridgehead atoms. The summed E-state index contributed by atoms with van der Waals surface area (Å²) in [5, 5.41) is 7.57. The van der Waals surface area contributed by atoms with Crippen LogP contribution in [-0.2, 0) is 4.57 Å². The van der Waals surface area contributed by atoms with Crippen molar-refractivity contribution in [2.75, 3.05) is 6.61 Å². The fourth-order valence-corrected chi connectivity index (χ4v) is 0. The molecule has 0 saturated carbocycles. The van der Waals surface area contributed by atoms with Gasteiger partial charge in [-0.15, -0.1) is 0 Å². The van der Waals surface area contributed by atoms with Crippen molar-refractivity contribution in [3.8, 4) is 0 Å². The Labute approximate surface area is 37.9 Å². The van der Waals surface area contributed by atoms with Gasteiger partial charge in [-0.2, -0.15) is 0 Å². The molecular formula is C2H7O3P. The molecular weight excluding hydrogens is 103 g/mol. The van der Waals surface area contributed by atoms with Gasteiger partial charge >= 0.3 is 8.69 Å². The number of aliphatic hydroxyl groups excluding tert-OH is 1. The molecule has 2 N–H and O–H groups in total. The van der Waals surface area contributed by atoms with E-state index < -0.39 is 8.69 Å². The van der Waals surface area contributed by atoms with Crippen LogP contribution in [0, 0.1) is 0 Å². The van der Waals surface area contributed by atoms with Crippen molar-refractivity contribution in [1.29, 1.82) is 0 Å².